The molecule has 2 heterocycles. The average Bonchev–Trinajstić information content (AvgIpc) is 2.53. The van der Waals surface area contributed by atoms with E-state index in [-0.39, 0.29) is 24.6 Å². The quantitative estimate of drug-likeness (QED) is 0.745. The first-order valence-corrected chi connectivity index (χ1v) is 8.53. The third-order valence-electron chi connectivity index (χ3n) is 3.64. The molecule has 1 unspecified atom stereocenters. The molecule has 118 valence electrons. The van der Waals surface area contributed by atoms with Gasteiger partial charge in [-0.1, -0.05) is 0 Å². The fourth-order valence-electron chi connectivity index (χ4n) is 2.61. The van der Waals surface area contributed by atoms with Crippen molar-refractivity contribution < 1.29 is 24.0 Å². The van der Waals surface area contributed by atoms with Crippen molar-refractivity contribution >= 4 is 10.0 Å². The van der Waals surface area contributed by atoms with E-state index in [1.165, 1.54) is 11.4 Å². The first-order chi connectivity index (χ1) is 9.59. The van der Waals surface area contributed by atoms with Crippen LogP contribution in [0, 0.1) is 0 Å². The number of rotatable bonds is 5. The Hall–Kier alpha value is -0.210. The Balaban J connectivity index is 2.36. The number of hydrogen-bond acceptors (Lipinski definition) is 5. The number of nitrogens with zero attached hydrogens (tertiary/aromatic N) is 1. The highest BCUT2D eigenvalue weighted by Gasteiger charge is 2.61. The highest BCUT2D eigenvalue weighted by molar-refractivity contribution is 7.89. The van der Waals surface area contributed by atoms with Crippen LogP contribution in [0.3, 0.4) is 0 Å². The smallest absolute Gasteiger partial charge is 0.217 e. The zero-order valence-electron chi connectivity index (χ0n) is 13.7. The lowest BCUT2D eigenvalue weighted by Gasteiger charge is -2.42. The minimum Gasteiger partial charge on any atom is -0.376 e. The maximum atomic E-state index is 12.3. The van der Waals surface area contributed by atoms with Crippen LogP contribution in [0.4, 0.5) is 0 Å². The van der Waals surface area contributed by atoms with Gasteiger partial charge in [-0.3, -0.25) is 0 Å². The summed E-state index contributed by atoms with van der Waals surface area (Å²) in [5.41, 5.74) is -1.10. The molecule has 7 heteroatoms. The van der Waals surface area contributed by atoms with Crippen LogP contribution in [0.2, 0.25) is 0 Å². The summed E-state index contributed by atoms with van der Waals surface area (Å²) >= 11 is 0. The third-order valence-corrected chi connectivity index (χ3v) is 5.61. The SMILES string of the molecule is [3H][C@@H]1O[C@@]2(COC(C)C)CS(=O)(=O)N(C)[C@H]1C2OC(C)C. The molecule has 4 atom stereocenters. The molecule has 2 fully saturated rings. The molecule has 0 radical (unpaired) electrons. The Bertz CT molecular complexity index is 483. The van der Waals surface area contributed by atoms with Gasteiger partial charge in [-0.05, 0) is 27.7 Å². The summed E-state index contributed by atoms with van der Waals surface area (Å²) < 4.78 is 51.2. The summed E-state index contributed by atoms with van der Waals surface area (Å²) in [6, 6.07) is -0.637. The Morgan fingerprint density at radius 1 is 1.40 bits per heavy atom. The van der Waals surface area contributed by atoms with Gasteiger partial charge in [0, 0.05) is 7.05 Å². The second-order valence-electron chi connectivity index (χ2n) is 6.05. The van der Waals surface area contributed by atoms with E-state index in [2.05, 4.69) is 0 Å². The Morgan fingerprint density at radius 2 is 2.05 bits per heavy atom. The standard InChI is InChI=1S/C13H25NO5S/c1-9(2)17-7-13-8-20(15,16)14(5)11(6-18-13)12(13)19-10(3)4/h9-12H,6-8H2,1-5H3/t11-,12?,13+/m1/s1/i6T/t6-,11+,12?,13-/m0. The second-order valence-corrected chi connectivity index (χ2v) is 8.08. The molecule has 0 aromatic rings. The van der Waals surface area contributed by atoms with Gasteiger partial charge < -0.3 is 14.2 Å². The predicted octanol–water partition coefficient (Wildman–Crippen LogP) is 0.618. The maximum absolute atomic E-state index is 12.3. The number of fused-ring (bicyclic) bond motifs is 2. The minimum atomic E-state index is -3.48. The van der Waals surface area contributed by atoms with Crippen LogP contribution < -0.4 is 0 Å². The van der Waals surface area contributed by atoms with E-state index in [1.54, 1.807) is 0 Å². The Kier molecular flexibility index (Phi) is 4.07. The first-order valence-electron chi connectivity index (χ1n) is 7.49. The molecular weight excluding hydrogens is 282 g/mol. The van der Waals surface area contributed by atoms with Gasteiger partial charge in [-0.25, -0.2) is 8.42 Å². The van der Waals surface area contributed by atoms with E-state index in [0.29, 0.717) is 0 Å². The first kappa shape index (κ1) is 14.7. The van der Waals surface area contributed by atoms with Crippen molar-refractivity contribution in [3.05, 3.63) is 0 Å². The number of hydrogen-bond donors (Lipinski definition) is 0. The molecule has 2 aliphatic rings. The molecule has 0 aromatic carbocycles. The fraction of sp³-hybridized carbons (Fsp3) is 1.00. The van der Waals surface area contributed by atoms with E-state index in [0.717, 1.165) is 0 Å². The molecule has 0 aromatic heterocycles. The highest BCUT2D eigenvalue weighted by Crippen LogP contribution is 2.40. The molecule has 0 aliphatic carbocycles. The van der Waals surface area contributed by atoms with Crippen LogP contribution in [0.15, 0.2) is 0 Å². The maximum Gasteiger partial charge on any atom is 0.217 e. The van der Waals surface area contributed by atoms with E-state index < -0.39 is 34.4 Å². The minimum absolute atomic E-state index is 0.0479. The summed E-state index contributed by atoms with van der Waals surface area (Å²) in [4.78, 5) is 0. The molecular formula is C13H25NO5S. The molecule has 2 bridgehead atoms. The third kappa shape index (κ3) is 2.87. The van der Waals surface area contributed by atoms with E-state index in [9.17, 15) is 8.42 Å². The van der Waals surface area contributed by atoms with Crippen molar-refractivity contribution in [2.24, 2.45) is 0 Å². The van der Waals surface area contributed by atoms with Crippen LogP contribution in [0.25, 0.3) is 0 Å². The van der Waals surface area contributed by atoms with E-state index in [4.69, 9.17) is 15.6 Å². The van der Waals surface area contributed by atoms with Gasteiger partial charge in [0.2, 0.25) is 10.0 Å². The predicted molar refractivity (Wildman–Crippen MR) is 75.1 cm³/mol. The van der Waals surface area contributed by atoms with Crippen molar-refractivity contribution in [1.29, 1.82) is 0 Å². The van der Waals surface area contributed by atoms with Crippen molar-refractivity contribution in [3.63, 3.8) is 0 Å². The molecule has 0 spiro atoms. The zero-order chi connectivity index (χ0) is 16.0. The number of sulfonamides is 1. The van der Waals surface area contributed by atoms with Gasteiger partial charge >= 0.3 is 0 Å². The van der Waals surface area contributed by atoms with Crippen LogP contribution in [0.1, 0.15) is 29.1 Å². The van der Waals surface area contributed by atoms with Gasteiger partial charge in [0.25, 0.3) is 0 Å². The monoisotopic (exact) mass is 309 g/mol. The molecule has 0 N–H and O–H groups in total. The summed E-state index contributed by atoms with van der Waals surface area (Å²) in [7, 11) is -1.99. The topological polar surface area (TPSA) is 65.1 Å². The molecule has 6 nitrogen and oxygen atoms in total. The lowest BCUT2D eigenvalue weighted by molar-refractivity contribution is -0.140. The normalized spacial score (nSPS) is 41.4. The zero-order valence-corrected chi connectivity index (χ0v) is 13.5. The largest absolute Gasteiger partial charge is 0.376 e. The van der Waals surface area contributed by atoms with E-state index >= 15 is 0 Å². The second kappa shape index (κ2) is 5.53. The fourth-order valence-corrected chi connectivity index (χ4v) is 4.27. The lowest BCUT2D eigenvalue weighted by atomic mass is 9.96. The van der Waals surface area contributed by atoms with Gasteiger partial charge in [-0.15, -0.1) is 0 Å². The molecule has 0 amide bonds. The Labute approximate surface area is 122 Å². The van der Waals surface area contributed by atoms with Gasteiger partial charge in [-0.2, -0.15) is 4.31 Å². The summed E-state index contributed by atoms with van der Waals surface area (Å²) in [5.74, 6) is -0.216. The molecule has 2 aliphatic heterocycles. The highest BCUT2D eigenvalue weighted by atomic mass is 32.2. The van der Waals surface area contributed by atoms with Crippen molar-refractivity contribution in [2.75, 3.05) is 26.0 Å². The summed E-state index contributed by atoms with van der Waals surface area (Å²) in [6.07, 6.45) is -0.625. The summed E-state index contributed by atoms with van der Waals surface area (Å²) in [5, 5.41) is 0. The van der Waals surface area contributed by atoms with Crippen molar-refractivity contribution in [3.8, 4) is 0 Å². The summed E-state index contributed by atoms with van der Waals surface area (Å²) in [6.45, 7) is 6.68. The number of likely N-dealkylation sites (N-methyl/N-ethyl adjacent to an activating group) is 1. The van der Waals surface area contributed by atoms with Crippen molar-refractivity contribution in [2.45, 2.75) is 57.6 Å². The molecule has 20 heavy (non-hydrogen) atoms. The lowest BCUT2D eigenvalue weighted by Crippen LogP contribution is -2.63. The van der Waals surface area contributed by atoms with Gasteiger partial charge in [0.1, 0.15) is 11.7 Å². The van der Waals surface area contributed by atoms with Crippen LogP contribution >= 0.6 is 0 Å². The number of ether oxygens (including phenoxy) is 3. The van der Waals surface area contributed by atoms with Crippen LogP contribution in [0.5, 0.6) is 0 Å². The van der Waals surface area contributed by atoms with Crippen LogP contribution in [-0.2, 0) is 24.2 Å². The molecule has 2 saturated heterocycles. The average molecular weight is 309 g/mol. The molecule has 0 saturated carbocycles. The van der Waals surface area contributed by atoms with E-state index in [1.807, 2.05) is 27.7 Å². The van der Waals surface area contributed by atoms with Crippen LogP contribution in [-0.4, -0.2) is 68.7 Å². The Morgan fingerprint density at radius 3 is 2.60 bits per heavy atom. The van der Waals surface area contributed by atoms with Gasteiger partial charge in [0.15, 0.2) is 0 Å². The van der Waals surface area contributed by atoms with Gasteiger partial charge in [0.05, 0.1) is 38.6 Å². The molecule has 2 rings (SSSR count). The van der Waals surface area contributed by atoms with Crippen molar-refractivity contribution in [1.82, 2.24) is 4.31 Å².